The van der Waals surface area contributed by atoms with Gasteiger partial charge in [-0.3, -0.25) is 10.1 Å². The number of nitrogens with zero attached hydrogens (tertiary/aromatic N) is 3. The van der Waals surface area contributed by atoms with Gasteiger partial charge in [0.15, 0.2) is 5.58 Å². The third kappa shape index (κ3) is 5.60. The number of carbonyl (C=O) groups excluding carboxylic acids is 1. The second kappa shape index (κ2) is 9.09. The van der Waals surface area contributed by atoms with Gasteiger partial charge in [-0.2, -0.15) is 0 Å². The molecule has 9 heteroatoms. The van der Waals surface area contributed by atoms with E-state index in [1.807, 2.05) is 45.0 Å². The number of hydrogen-bond acceptors (Lipinski definition) is 7. The number of ether oxygens (including phenoxy) is 2. The smallest absolute Gasteiger partial charge is 0.410 e. The number of fused-ring (bicyclic) bond motifs is 1. The van der Waals surface area contributed by atoms with Crippen molar-refractivity contribution in [2.75, 3.05) is 19.7 Å². The molecule has 0 bridgehead atoms. The van der Waals surface area contributed by atoms with Crippen molar-refractivity contribution in [1.29, 1.82) is 0 Å². The lowest BCUT2D eigenvalue weighted by atomic mass is 9.98. The van der Waals surface area contributed by atoms with Crippen LogP contribution >= 0.6 is 0 Å². The van der Waals surface area contributed by atoms with Crippen molar-refractivity contribution in [2.24, 2.45) is 5.92 Å². The van der Waals surface area contributed by atoms with Crippen molar-refractivity contribution in [3.05, 3.63) is 52.6 Å². The normalized spacial score (nSPS) is 14.9. The van der Waals surface area contributed by atoms with Crippen LogP contribution in [0.1, 0.15) is 33.6 Å². The van der Waals surface area contributed by atoms with Crippen LogP contribution in [0.2, 0.25) is 0 Å². The fourth-order valence-electron chi connectivity index (χ4n) is 3.67. The molecule has 1 fully saturated rings. The molecular weight excluding hydrogens is 426 g/mol. The minimum atomic E-state index is -0.487. The maximum Gasteiger partial charge on any atom is 0.410 e. The molecule has 174 valence electrons. The van der Waals surface area contributed by atoms with Gasteiger partial charge in [-0.25, -0.2) is 9.78 Å². The van der Waals surface area contributed by atoms with Gasteiger partial charge in [0, 0.05) is 30.8 Å². The highest BCUT2D eigenvalue weighted by Crippen LogP contribution is 2.28. The summed E-state index contributed by atoms with van der Waals surface area (Å²) in [5, 5.41) is 10.9. The van der Waals surface area contributed by atoms with E-state index in [1.54, 1.807) is 11.0 Å². The number of nitro groups is 1. The van der Waals surface area contributed by atoms with E-state index in [0.29, 0.717) is 42.6 Å². The minimum Gasteiger partial charge on any atom is -0.493 e. The molecule has 9 nitrogen and oxygen atoms in total. The van der Waals surface area contributed by atoms with Gasteiger partial charge < -0.3 is 18.8 Å². The molecule has 1 aliphatic rings. The Hall–Kier alpha value is -3.62. The molecule has 0 radical (unpaired) electrons. The maximum atomic E-state index is 12.2. The van der Waals surface area contributed by atoms with Crippen LogP contribution in [0.5, 0.6) is 5.75 Å². The molecule has 1 amide bonds. The number of oxazole rings is 1. The molecular formula is C24H27N3O6. The molecule has 0 N–H and O–H groups in total. The number of benzene rings is 2. The summed E-state index contributed by atoms with van der Waals surface area (Å²) in [7, 11) is 0. The monoisotopic (exact) mass is 453 g/mol. The van der Waals surface area contributed by atoms with Crippen LogP contribution in [0.3, 0.4) is 0 Å². The summed E-state index contributed by atoms with van der Waals surface area (Å²) in [6, 6.07) is 11.7. The Morgan fingerprint density at radius 3 is 2.52 bits per heavy atom. The number of amides is 1. The Kier molecular flexibility index (Phi) is 6.22. The molecule has 3 aromatic rings. The highest BCUT2D eigenvalue weighted by molar-refractivity contribution is 5.78. The van der Waals surface area contributed by atoms with Gasteiger partial charge in [0.2, 0.25) is 5.89 Å². The van der Waals surface area contributed by atoms with E-state index >= 15 is 0 Å². The zero-order valence-electron chi connectivity index (χ0n) is 18.9. The predicted molar refractivity (Wildman–Crippen MR) is 122 cm³/mol. The Morgan fingerprint density at radius 1 is 1.18 bits per heavy atom. The van der Waals surface area contributed by atoms with Crippen molar-refractivity contribution in [1.82, 2.24) is 9.88 Å². The number of hydrogen-bond donors (Lipinski definition) is 0. The standard InChI is InChI=1S/C24H27N3O6/c1-24(2,3)33-23(28)26-12-10-16(11-13-26)15-31-19-7-4-17(5-8-19)22-25-20-14-18(27(29)30)6-9-21(20)32-22/h4-9,14,16H,10-13,15H2,1-3H3. The lowest BCUT2D eigenvalue weighted by Crippen LogP contribution is -2.42. The SMILES string of the molecule is CC(C)(C)OC(=O)N1CCC(COc2ccc(-c3nc4cc([N+](=O)[O-])ccc4o3)cc2)CC1. The number of aromatic nitrogens is 1. The summed E-state index contributed by atoms with van der Waals surface area (Å²) in [6.45, 7) is 7.51. The first kappa shape index (κ1) is 22.6. The summed E-state index contributed by atoms with van der Waals surface area (Å²) in [5.74, 6) is 1.50. The predicted octanol–water partition coefficient (Wildman–Crippen LogP) is 5.43. The Morgan fingerprint density at radius 2 is 1.88 bits per heavy atom. The van der Waals surface area contributed by atoms with Crippen LogP contribution < -0.4 is 4.74 Å². The van der Waals surface area contributed by atoms with E-state index in [9.17, 15) is 14.9 Å². The van der Waals surface area contributed by atoms with E-state index in [4.69, 9.17) is 13.9 Å². The number of likely N-dealkylation sites (tertiary alicyclic amines) is 1. The molecule has 2 aromatic carbocycles. The van der Waals surface area contributed by atoms with Crippen molar-refractivity contribution in [2.45, 2.75) is 39.2 Å². The van der Waals surface area contributed by atoms with Gasteiger partial charge in [0.05, 0.1) is 11.5 Å². The molecule has 0 saturated carbocycles. The van der Waals surface area contributed by atoms with E-state index < -0.39 is 10.5 Å². The van der Waals surface area contributed by atoms with Crippen LogP contribution in [0.15, 0.2) is 46.9 Å². The molecule has 4 rings (SSSR count). The van der Waals surface area contributed by atoms with Crippen LogP contribution in [-0.2, 0) is 4.74 Å². The summed E-state index contributed by atoms with van der Waals surface area (Å²) in [6.07, 6.45) is 1.48. The van der Waals surface area contributed by atoms with E-state index in [1.165, 1.54) is 12.1 Å². The fourth-order valence-corrected chi connectivity index (χ4v) is 3.67. The van der Waals surface area contributed by atoms with E-state index in [2.05, 4.69) is 4.98 Å². The van der Waals surface area contributed by atoms with Crippen molar-refractivity contribution in [3.63, 3.8) is 0 Å². The van der Waals surface area contributed by atoms with Crippen LogP contribution in [0, 0.1) is 16.0 Å². The highest BCUT2D eigenvalue weighted by atomic mass is 16.6. The van der Waals surface area contributed by atoms with E-state index in [0.717, 1.165) is 24.2 Å². The van der Waals surface area contributed by atoms with Crippen molar-refractivity contribution >= 4 is 22.9 Å². The molecule has 0 spiro atoms. The van der Waals surface area contributed by atoms with Crippen LogP contribution in [0.4, 0.5) is 10.5 Å². The summed E-state index contributed by atoms with van der Waals surface area (Å²) < 4.78 is 17.1. The van der Waals surface area contributed by atoms with Crippen LogP contribution in [-0.4, -0.2) is 46.2 Å². The molecule has 2 heterocycles. The van der Waals surface area contributed by atoms with Gasteiger partial charge in [-0.15, -0.1) is 0 Å². The summed E-state index contributed by atoms with van der Waals surface area (Å²) in [4.78, 5) is 28.8. The second-order valence-electron chi connectivity index (χ2n) is 9.17. The first-order chi connectivity index (χ1) is 15.7. The average molecular weight is 453 g/mol. The van der Waals surface area contributed by atoms with Gasteiger partial charge in [-0.1, -0.05) is 0 Å². The van der Waals surface area contributed by atoms with Gasteiger partial charge >= 0.3 is 6.09 Å². The molecule has 0 atom stereocenters. The van der Waals surface area contributed by atoms with E-state index in [-0.39, 0.29) is 11.8 Å². The van der Waals surface area contributed by atoms with Crippen LogP contribution in [0.25, 0.3) is 22.6 Å². The Labute approximate surface area is 191 Å². The highest BCUT2D eigenvalue weighted by Gasteiger charge is 2.27. The van der Waals surface area contributed by atoms with Gasteiger partial charge in [0.1, 0.15) is 16.9 Å². The summed E-state index contributed by atoms with van der Waals surface area (Å²) >= 11 is 0. The molecule has 1 aliphatic heterocycles. The molecule has 1 saturated heterocycles. The fraction of sp³-hybridized carbons (Fsp3) is 0.417. The summed E-state index contributed by atoms with van der Waals surface area (Å²) in [5.41, 5.74) is 1.18. The molecule has 0 aliphatic carbocycles. The zero-order chi connectivity index (χ0) is 23.6. The molecule has 33 heavy (non-hydrogen) atoms. The minimum absolute atomic E-state index is 0.0250. The number of carbonyl (C=O) groups is 1. The maximum absolute atomic E-state index is 12.2. The Balaban J connectivity index is 1.30. The Bertz CT molecular complexity index is 1140. The molecule has 0 unspecified atom stereocenters. The first-order valence-electron chi connectivity index (χ1n) is 10.9. The topological polar surface area (TPSA) is 108 Å². The first-order valence-corrected chi connectivity index (χ1v) is 10.9. The average Bonchev–Trinajstić information content (AvgIpc) is 3.20. The third-order valence-corrected chi connectivity index (χ3v) is 5.44. The number of rotatable bonds is 5. The second-order valence-corrected chi connectivity index (χ2v) is 9.17. The number of non-ortho nitro benzene ring substituents is 1. The van der Waals surface area contributed by atoms with Gasteiger partial charge in [0.25, 0.3) is 5.69 Å². The lowest BCUT2D eigenvalue weighted by molar-refractivity contribution is -0.384. The number of nitro benzene ring substituents is 1. The quantitative estimate of drug-likeness (QED) is 0.374. The van der Waals surface area contributed by atoms with Crippen molar-refractivity contribution < 1.29 is 23.6 Å². The zero-order valence-corrected chi connectivity index (χ0v) is 18.9. The molecule has 1 aromatic heterocycles. The third-order valence-electron chi connectivity index (χ3n) is 5.44. The number of piperidine rings is 1. The van der Waals surface area contributed by atoms with Gasteiger partial charge in [-0.05, 0) is 69.9 Å². The van der Waals surface area contributed by atoms with Crippen molar-refractivity contribution in [3.8, 4) is 17.2 Å². The lowest BCUT2D eigenvalue weighted by Gasteiger charge is -2.33. The largest absolute Gasteiger partial charge is 0.493 e.